The van der Waals surface area contributed by atoms with Crippen LogP contribution in [0.5, 0.6) is 0 Å². The summed E-state index contributed by atoms with van der Waals surface area (Å²) in [5.41, 5.74) is 1.49. The summed E-state index contributed by atoms with van der Waals surface area (Å²) in [6.45, 7) is 5.21. The number of benzene rings is 1. The van der Waals surface area contributed by atoms with Crippen molar-refractivity contribution in [1.82, 2.24) is 10.2 Å². The molecule has 21 heavy (non-hydrogen) atoms. The normalized spacial score (nSPS) is 24.5. The maximum atomic E-state index is 3.69. The van der Waals surface area contributed by atoms with E-state index in [0.29, 0.717) is 0 Å². The standard InChI is InChI=1S/C19H30N2/c1-2-7-17(8-3-1)9-4-5-14-21-15-11-18(12-16-21)19-10-6-13-20-19/h1-3,7-8,18-20H,4-6,9-16H2. The van der Waals surface area contributed by atoms with Gasteiger partial charge in [0.15, 0.2) is 0 Å². The zero-order chi connectivity index (χ0) is 14.3. The van der Waals surface area contributed by atoms with Crippen molar-refractivity contribution in [1.29, 1.82) is 0 Å². The Morgan fingerprint density at radius 3 is 2.52 bits per heavy atom. The lowest BCUT2D eigenvalue weighted by atomic mass is 9.88. The molecule has 2 saturated heterocycles. The van der Waals surface area contributed by atoms with Gasteiger partial charge in [0.1, 0.15) is 0 Å². The van der Waals surface area contributed by atoms with Gasteiger partial charge in [0.25, 0.3) is 0 Å². The molecular weight excluding hydrogens is 256 g/mol. The fourth-order valence-corrected chi connectivity index (χ4v) is 4.00. The molecule has 0 spiro atoms. The second kappa shape index (κ2) is 7.95. The van der Waals surface area contributed by atoms with Crippen molar-refractivity contribution in [3.05, 3.63) is 35.9 Å². The van der Waals surface area contributed by atoms with Crippen LogP contribution >= 0.6 is 0 Å². The first kappa shape index (κ1) is 15.1. The van der Waals surface area contributed by atoms with Crippen LogP contribution in [0.1, 0.15) is 44.1 Å². The Bertz CT molecular complexity index is 389. The smallest absolute Gasteiger partial charge is 0.00967 e. The van der Waals surface area contributed by atoms with Gasteiger partial charge in [-0.3, -0.25) is 0 Å². The van der Waals surface area contributed by atoms with Crippen LogP contribution in [0.15, 0.2) is 30.3 Å². The molecule has 0 radical (unpaired) electrons. The maximum Gasteiger partial charge on any atom is 0.00967 e. The summed E-state index contributed by atoms with van der Waals surface area (Å²) in [4.78, 5) is 2.69. The largest absolute Gasteiger partial charge is 0.314 e. The lowest BCUT2D eigenvalue weighted by molar-refractivity contribution is 0.161. The van der Waals surface area contributed by atoms with Crippen LogP contribution in [0.25, 0.3) is 0 Å². The molecule has 2 nitrogen and oxygen atoms in total. The van der Waals surface area contributed by atoms with Gasteiger partial charge < -0.3 is 10.2 Å². The zero-order valence-corrected chi connectivity index (χ0v) is 13.3. The molecule has 2 heterocycles. The van der Waals surface area contributed by atoms with Crippen molar-refractivity contribution >= 4 is 0 Å². The van der Waals surface area contributed by atoms with Gasteiger partial charge in [-0.15, -0.1) is 0 Å². The third-order valence-corrected chi connectivity index (χ3v) is 5.33. The van der Waals surface area contributed by atoms with Gasteiger partial charge in [-0.25, -0.2) is 0 Å². The highest BCUT2D eigenvalue weighted by Gasteiger charge is 2.27. The van der Waals surface area contributed by atoms with Crippen LogP contribution in [-0.4, -0.2) is 37.1 Å². The Kier molecular flexibility index (Phi) is 5.70. The summed E-state index contributed by atoms with van der Waals surface area (Å²) >= 11 is 0. The average molecular weight is 286 g/mol. The van der Waals surface area contributed by atoms with Crippen LogP contribution < -0.4 is 5.32 Å². The molecule has 1 N–H and O–H groups in total. The molecule has 116 valence electrons. The number of likely N-dealkylation sites (tertiary alicyclic amines) is 1. The molecule has 0 amide bonds. The second-order valence-corrected chi connectivity index (χ2v) is 6.82. The number of hydrogen-bond donors (Lipinski definition) is 1. The van der Waals surface area contributed by atoms with E-state index in [1.165, 1.54) is 76.7 Å². The topological polar surface area (TPSA) is 15.3 Å². The fraction of sp³-hybridized carbons (Fsp3) is 0.684. The predicted molar refractivity (Wildman–Crippen MR) is 89.6 cm³/mol. The maximum absolute atomic E-state index is 3.69. The first-order valence-corrected chi connectivity index (χ1v) is 8.91. The molecule has 2 aliphatic rings. The van der Waals surface area contributed by atoms with Crippen molar-refractivity contribution in [3.63, 3.8) is 0 Å². The van der Waals surface area contributed by atoms with Crippen LogP contribution in [0, 0.1) is 5.92 Å². The van der Waals surface area contributed by atoms with Gasteiger partial charge in [0.05, 0.1) is 0 Å². The lowest BCUT2D eigenvalue weighted by Crippen LogP contribution is -2.41. The quantitative estimate of drug-likeness (QED) is 0.806. The van der Waals surface area contributed by atoms with Crippen molar-refractivity contribution in [2.75, 3.05) is 26.2 Å². The van der Waals surface area contributed by atoms with Crippen LogP contribution in [0.3, 0.4) is 0 Å². The number of hydrogen-bond acceptors (Lipinski definition) is 2. The predicted octanol–water partition coefficient (Wildman–Crippen LogP) is 3.47. The van der Waals surface area contributed by atoms with Gasteiger partial charge in [-0.2, -0.15) is 0 Å². The number of rotatable bonds is 6. The number of unbranched alkanes of at least 4 members (excludes halogenated alkanes) is 1. The van der Waals surface area contributed by atoms with Gasteiger partial charge in [-0.05, 0) is 82.6 Å². The molecule has 1 aromatic carbocycles. The molecule has 0 aliphatic carbocycles. The molecule has 1 atom stereocenters. The first-order chi connectivity index (χ1) is 10.4. The first-order valence-electron chi connectivity index (χ1n) is 8.91. The van der Waals surface area contributed by atoms with Gasteiger partial charge in [0.2, 0.25) is 0 Å². The van der Waals surface area contributed by atoms with Crippen molar-refractivity contribution in [3.8, 4) is 0 Å². The van der Waals surface area contributed by atoms with Crippen molar-refractivity contribution in [2.45, 2.75) is 51.0 Å². The van der Waals surface area contributed by atoms with E-state index in [4.69, 9.17) is 0 Å². The van der Waals surface area contributed by atoms with Gasteiger partial charge >= 0.3 is 0 Å². The highest BCUT2D eigenvalue weighted by atomic mass is 15.1. The van der Waals surface area contributed by atoms with E-state index in [1.54, 1.807) is 0 Å². The molecule has 2 heteroatoms. The number of aryl methyl sites for hydroxylation is 1. The summed E-state index contributed by atoms with van der Waals surface area (Å²) in [7, 11) is 0. The van der Waals surface area contributed by atoms with E-state index in [2.05, 4.69) is 40.5 Å². The minimum Gasteiger partial charge on any atom is -0.314 e. The summed E-state index contributed by atoms with van der Waals surface area (Å²) < 4.78 is 0. The van der Waals surface area contributed by atoms with E-state index in [0.717, 1.165) is 12.0 Å². The molecule has 1 unspecified atom stereocenters. The van der Waals surface area contributed by atoms with Crippen molar-refractivity contribution < 1.29 is 0 Å². The van der Waals surface area contributed by atoms with E-state index in [-0.39, 0.29) is 0 Å². The molecular formula is C19H30N2. The highest BCUT2D eigenvalue weighted by Crippen LogP contribution is 2.25. The molecule has 2 aliphatic heterocycles. The summed E-state index contributed by atoms with van der Waals surface area (Å²) in [6, 6.07) is 11.7. The van der Waals surface area contributed by atoms with E-state index in [1.807, 2.05) is 0 Å². The SMILES string of the molecule is c1ccc(CCCCN2CCC(C3CCCN3)CC2)cc1. The Balaban J connectivity index is 1.29. The van der Waals surface area contributed by atoms with Crippen LogP contribution in [-0.2, 0) is 6.42 Å². The molecule has 0 saturated carbocycles. The third kappa shape index (κ3) is 4.55. The number of nitrogens with one attached hydrogen (secondary N) is 1. The summed E-state index contributed by atoms with van der Waals surface area (Å²) in [5, 5.41) is 3.69. The zero-order valence-electron chi connectivity index (χ0n) is 13.3. The molecule has 0 bridgehead atoms. The Hall–Kier alpha value is -0.860. The highest BCUT2D eigenvalue weighted by molar-refractivity contribution is 5.14. The monoisotopic (exact) mass is 286 g/mol. The van der Waals surface area contributed by atoms with Crippen LogP contribution in [0.4, 0.5) is 0 Å². The minimum atomic E-state index is 0.838. The van der Waals surface area contributed by atoms with Crippen molar-refractivity contribution in [2.24, 2.45) is 5.92 Å². The fourth-order valence-electron chi connectivity index (χ4n) is 4.00. The van der Waals surface area contributed by atoms with Crippen LogP contribution in [0.2, 0.25) is 0 Å². The number of nitrogens with zero attached hydrogens (tertiary/aromatic N) is 1. The second-order valence-electron chi connectivity index (χ2n) is 6.82. The van der Waals surface area contributed by atoms with Gasteiger partial charge in [0, 0.05) is 6.04 Å². The van der Waals surface area contributed by atoms with Gasteiger partial charge in [-0.1, -0.05) is 30.3 Å². The lowest BCUT2D eigenvalue weighted by Gasteiger charge is -2.34. The van der Waals surface area contributed by atoms with E-state index >= 15 is 0 Å². The summed E-state index contributed by atoms with van der Waals surface area (Å²) in [5.74, 6) is 0.952. The number of piperidine rings is 1. The summed E-state index contributed by atoms with van der Waals surface area (Å²) in [6.07, 6.45) is 9.55. The van der Waals surface area contributed by atoms with E-state index in [9.17, 15) is 0 Å². The minimum absolute atomic E-state index is 0.838. The third-order valence-electron chi connectivity index (χ3n) is 5.33. The Labute approximate surface area is 129 Å². The molecule has 3 rings (SSSR count). The molecule has 1 aromatic rings. The molecule has 0 aromatic heterocycles. The molecule has 2 fully saturated rings. The average Bonchev–Trinajstić information content (AvgIpc) is 3.08. The Morgan fingerprint density at radius 1 is 1.00 bits per heavy atom. The Morgan fingerprint density at radius 2 is 1.81 bits per heavy atom. The van der Waals surface area contributed by atoms with E-state index < -0.39 is 0 Å².